The lowest BCUT2D eigenvalue weighted by Crippen LogP contribution is -2.54. The number of rotatable bonds is 8. The molecule has 1 N–H and O–H groups in total. The molecule has 26 heavy (non-hydrogen) atoms. The molecule has 7 nitrogen and oxygen atoms in total. The van der Waals surface area contributed by atoms with Crippen molar-refractivity contribution >= 4 is 18.0 Å². The molecule has 0 radical (unpaired) electrons. The van der Waals surface area contributed by atoms with E-state index in [1.165, 1.54) is 4.90 Å². The van der Waals surface area contributed by atoms with E-state index in [4.69, 9.17) is 10.4 Å². The van der Waals surface area contributed by atoms with Gasteiger partial charge in [-0.2, -0.15) is 5.26 Å². The van der Waals surface area contributed by atoms with Crippen molar-refractivity contribution < 1.29 is 14.7 Å². The first-order valence-corrected chi connectivity index (χ1v) is 8.92. The van der Waals surface area contributed by atoms with Crippen LogP contribution in [-0.2, 0) is 9.59 Å². The third kappa shape index (κ3) is 5.04. The number of piperazine rings is 1. The molecule has 7 heteroatoms. The van der Waals surface area contributed by atoms with Gasteiger partial charge in [-0.15, -0.1) is 0 Å². The normalized spacial score (nSPS) is 16.0. The lowest BCUT2D eigenvalue weighted by atomic mass is 10.0. The summed E-state index contributed by atoms with van der Waals surface area (Å²) in [6.07, 6.45) is 2.41. The highest BCUT2D eigenvalue weighted by atomic mass is 16.3. The summed E-state index contributed by atoms with van der Waals surface area (Å²) < 4.78 is 0. The molecule has 0 aliphatic carbocycles. The van der Waals surface area contributed by atoms with Gasteiger partial charge in [-0.1, -0.05) is 0 Å². The molecule has 2 rings (SSSR count). The molecular weight excluding hydrogens is 332 g/mol. The van der Waals surface area contributed by atoms with Crippen molar-refractivity contribution in [1.29, 1.82) is 5.26 Å². The molecule has 0 bridgehead atoms. The van der Waals surface area contributed by atoms with E-state index in [0.29, 0.717) is 50.0 Å². The topological polar surface area (TPSA) is 87.9 Å². The quantitative estimate of drug-likeness (QED) is 0.549. The van der Waals surface area contributed by atoms with Gasteiger partial charge in [0.15, 0.2) is 0 Å². The summed E-state index contributed by atoms with van der Waals surface area (Å²) in [5.41, 5.74) is 1.09. The zero-order valence-corrected chi connectivity index (χ0v) is 15.2. The molecular formula is C19H26N4O3. The summed E-state index contributed by atoms with van der Waals surface area (Å²) in [5.74, 6) is -0.0625. The maximum Gasteiger partial charge on any atom is 0.245 e. The molecule has 1 aromatic rings. The van der Waals surface area contributed by atoms with Crippen molar-refractivity contribution in [3.63, 3.8) is 0 Å². The van der Waals surface area contributed by atoms with E-state index < -0.39 is 6.04 Å². The number of anilines is 1. The maximum absolute atomic E-state index is 13.1. The SMILES string of the molecule is CN1CCN(C(=O)[C@H](CCCCO)N(C=O)c2ccc(C#N)cc2)CC1. The number of amides is 2. The maximum atomic E-state index is 13.1. The average Bonchev–Trinajstić information content (AvgIpc) is 2.68. The Bertz CT molecular complexity index is 633. The first-order valence-electron chi connectivity index (χ1n) is 8.92. The second kappa shape index (κ2) is 9.90. The number of carbonyl (C=O) groups excluding carboxylic acids is 2. The van der Waals surface area contributed by atoms with Crippen LogP contribution < -0.4 is 4.90 Å². The van der Waals surface area contributed by atoms with E-state index in [1.54, 1.807) is 24.3 Å². The molecule has 140 valence electrons. The minimum atomic E-state index is -0.601. The Hall–Kier alpha value is -2.43. The van der Waals surface area contributed by atoms with Crippen LogP contribution in [0, 0.1) is 11.3 Å². The van der Waals surface area contributed by atoms with Crippen LogP contribution >= 0.6 is 0 Å². The van der Waals surface area contributed by atoms with Crippen molar-refractivity contribution in [1.82, 2.24) is 9.80 Å². The molecule has 1 atom stereocenters. The summed E-state index contributed by atoms with van der Waals surface area (Å²) >= 11 is 0. The number of nitrogens with zero attached hydrogens (tertiary/aromatic N) is 4. The number of likely N-dealkylation sites (N-methyl/N-ethyl adjacent to an activating group) is 1. The fraction of sp³-hybridized carbons (Fsp3) is 0.526. The zero-order valence-electron chi connectivity index (χ0n) is 15.2. The van der Waals surface area contributed by atoms with Gasteiger partial charge in [0.2, 0.25) is 12.3 Å². The van der Waals surface area contributed by atoms with E-state index in [9.17, 15) is 9.59 Å². The van der Waals surface area contributed by atoms with Crippen LogP contribution in [0.25, 0.3) is 0 Å². The molecule has 2 amide bonds. The third-order valence-corrected chi connectivity index (χ3v) is 4.73. The number of aliphatic hydroxyl groups is 1. The van der Waals surface area contributed by atoms with Gasteiger partial charge in [-0.3, -0.25) is 9.59 Å². The monoisotopic (exact) mass is 358 g/mol. The summed E-state index contributed by atoms with van der Waals surface area (Å²) in [6.45, 7) is 2.98. The van der Waals surface area contributed by atoms with E-state index in [1.807, 2.05) is 18.0 Å². The van der Waals surface area contributed by atoms with Gasteiger partial charge in [0, 0.05) is 38.5 Å². The number of nitriles is 1. The number of hydrogen-bond acceptors (Lipinski definition) is 5. The summed E-state index contributed by atoms with van der Waals surface area (Å²) in [5, 5.41) is 18.0. The fourth-order valence-corrected chi connectivity index (χ4v) is 3.09. The molecule has 1 saturated heterocycles. The second-order valence-corrected chi connectivity index (χ2v) is 6.54. The smallest absolute Gasteiger partial charge is 0.245 e. The first kappa shape index (κ1) is 19.9. The minimum Gasteiger partial charge on any atom is -0.396 e. The van der Waals surface area contributed by atoms with E-state index in [2.05, 4.69) is 4.90 Å². The zero-order chi connectivity index (χ0) is 18.9. The Morgan fingerprint density at radius 2 is 1.92 bits per heavy atom. The van der Waals surface area contributed by atoms with Crippen LogP contribution in [0.15, 0.2) is 24.3 Å². The summed E-state index contributed by atoms with van der Waals surface area (Å²) in [6, 6.07) is 8.08. The van der Waals surface area contributed by atoms with Gasteiger partial charge in [-0.05, 0) is 50.6 Å². The molecule has 0 spiro atoms. The van der Waals surface area contributed by atoms with Gasteiger partial charge in [-0.25, -0.2) is 0 Å². The number of carbonyl (C=O) groups is 2. The highest BCUT2D eigenvalue weighted by Crippen LogP contribution is 2.21. The largest absolute Gasteiger partial charge is 0.396 e. The van der Waals surface area contributed by atoms with Crippen molar-refractivity contribution in [2.75, 3.05) is 44.7 Å². The number of unbranched alkanes of at least 4 members (excludes halogenated alkanes) is 1. The van der Waals surface area contributed by atoms with Crippen molar-refractivity contribution in [3.05, 3.63) is 29.8 Å². The van der Waals surface area contributed by atoms with E-state index >= 15 is 0 Å². The Balaban J connectivity index is 2.20. The van der Waals surface area contributed by atoms with Crippen molar-refractivity contribution in [2.45, 2.75) is 25.3 Å². The Morgan fingerprint density at radius 3 is 2.46 bits per heavy atom. The molecule has 0 aromatic heterocycles. The van der Waals surface area contributed by atoms with Crippen molar-refractivity contribution in [3.8, 4) is 6.07 Å². The number of hydrogen-bond donors (Lipinski definition) is 1. The van der Waals surface area contributed by atoms with Crippen LogP contribution in [0.1, 0.15) is 24.8 Å². The fourth-order valence-electron chi connectivity index (χ4n) is 3.09. The van der Waals surface area contributed by atoms with Gasteiger partial charge >= 0.3 is 0 Å². The Morgan fingerprint density at radius 1 is 1.27 bits per heavy atom. The molecule has 0 unspecified atom stereocenters. The molecule has 1 fully saturated rings. The average molecular weight is 358 g/mol. The van der Waals surface area contributed by atoms with Gasteiger partial charge in [0.1, 0.15) is 6.04 Å². The van der Waals surface area contributed by atoms with Crippen LogP contribution in [0.2, 0.25) is 0 Å². The van der Waals surface area contributed by atoms with Crippen molar-refractivity contribution in [2.24, 2.45) is 0 Å². The summed E-state index contributed by atoms with van der Waals surface area (Å²) in [4.78, 5) is 30.3. The lowest BCUT2D eigenvalue weighted by Gasteiger charge is -2.37. The first-order chi connectivity index (χ1) is 12.6. The van der Waals surface area contributed by atoms with Crippen LogP contribution in [-0.4, -0.2) is 73.1 Å². The predicted molar refractivity (Wildman–Crippen MR) is 98.5 cm³/mol. The molecule has 1 aliphatic rings. The van der Waals surface area contributed by atoms with Gasteiger partial charge in [0.25, 0.3) is 0 Å². The van der Waals surface area contributed by atoms with Crippen LogP contribution in [0.4, 0.5) is 5.69 Å². The lowest BCUT2D eigenvalue weighted by molar-refractivity contribution is -0.135. The van der Waals surface area contributed by atoms with Crippen LogP contribution in [0.3, 0.4) is 0 Å². The second-order valence-electron chi connectivity index (χ2n) is 6.54. The third-order valence-electron chi connectivity index (χ3n) is 4.73. The van der Waals surface area contributed by atoms with E-state index in [-0.39, 0.29) is 12.5 Å². The molecule has 1 aliphatic heterocycles. The standard InChI is InChI=1S/C19H26N4O3/c1-21-9-11-22(12-10-21)19(26)18(4-2-3-13-24)23(15-25)17-7-5-16(14-20)6-8-17/h5-8,15,18,24H,2-4,9-13H2,1H3/t18-/m0/s1. The highest BCUT2D eigenvalue weighted by molar-refractivity contribution is 5.92. The molecule has 0 saturated carbocycles. The van der Waals surface area contributed by atoms with Gasteiger partial charge in [0.05, 0.1) is 11.6 Å². The predicted octanol–water partition coefficient (Wildman–Crippen LogP) is 0.826. The Kier molecular flexibility index (Phi) is 7.57. The van der Waals surface area contributed by atoms with Crippen LogP contribution in [0.5, 0.6) is 0 Å². The van der Waals surface area contributed by atoms with Gasteiger partial charge < -0.3 is 19.8 Å². The number of aliphatic hydroxyl groups excluding tert-OH is 1. The Labute approximate surface area is 154 Å². The minimum absolute atomic E-state index is 0.0625. The molecule has 1 heterocycles. The van der Waals surface area contributed by atoms with E-state index in [0.717, 1.165) is 13.1 Å². The summed E-state index contributed by atoms with van der Waals surface area (Å²) in [7, 11) is 2.02. The highest BCUT2D eigenvalue weighted by Gasteiger charge is 2.31. The number of benzene rings is 1. The molecule has 1 aromatic carbocycles.